The number of ether oxygens (including phenoxy) is 1. The molecule has 3 N–H and O–H groups in total. The number of aliphatic hydroxyl groups is 2. The Balaban J connectivity index is 3.43. The molecule has 0 heterocycles. The zero-order valence-electron chi connectivity index (χ0n) is 48.2. The lowest BCUT2D eigenvalue weighted by Crippen LogP contribution is -2.45. The number of esters is 1. The smallest absolute Gasteiger partial charge is 0.305 e. The van der Waals surface area contributed by atoms with Crippen LogP contribution in [-0.2, 0) is 14.3 Å². The fourth-order valence-corrected chi connectivity index (χ4v) is 10.3. The van der Waals surface area contributed by atoms with Crippen molar-refractivity contribution in [2.45, 2.75) is 379 Å². The topological polar surface area (TPSA) is 95.9 Å². The molecular weight excluding hydrogens is 875 g/mol. The fraction of sp³-hybridized carbons (Fsp3) is 0.938. The van der Waals surface area contributed by atoms with Gasteiger partial charge in [0.05, 0.1) is 25.4 Å². The van der Waals surface area contributed by atoms with Gasteiger partial charge >= 0.3 is 5.97 Å². The molecule has 2 unspecified atom stereocenters. The molecule has 0 bridgehead atoms. The van der Waals surface area contributed by atoms with Gasteiger partial charge in [-0.25, -0.2) is 0 Å². The zero-order valence-corrected chi connectivity index (χ0v) is 48.2. The number of allylic oxidation sites excluding steroid dienone is 2. The van der Waals surface area contributed by atoms with Crippen molar-refractivity contribution in [2.75, 3.05) is 13.2 Å². The first-order chi connectivity index (χ1) is 35.0. The first kappa shape index (κ1) is 69.6. The Labute approximate surface area is 444 Å². The van der Waals surface area contributed by atoms with E-state index in [1.54, 1.807) is 0 Å². The van der Waals surface area contributed by atoms with E-state index in [9.17, 15) is 19.8 Å². The second-order valence-electron chi connectivity index (χ2n) is 22.5. The Morgan fingerprint density at radius 1 is 0.380 bits per heavy atom. The van der Waals surface area contributed by atoms with Gasteiger partial charge in [-0.05, 0) is 51.4 Å². The van der Waals surface area contributed by atoms with E-state index in [1.165, 1.54) is 289 Å². The normalized spacial score (nSPS) is 12.6. The number of hydrogen-bond acceptors (Lipinski definition) is 5. The van der Waals surface area contributed by atoms with Crippen LogP contribution in [0, 0.1) is 0 Å². The van der Waals surface area contributed by atoms with E-state index in [4.69, 9.17) is 4.74 Å². The highest BCUT2D eigenvalue weighted by Gasteiger charge is 2.20. The Kier molecular flexibility index (Phi) is 59.9. The van der Waals surface area contributed by atoms with Gasteiger partial charge in [0.2, 0.25) is 5.91 Å². The monoisotopic (exact) mass is 1000 g/mol. The van der Waals surface area contributed by atoms with Crippen molar-refractivity contribution in [1.82, 2.24) is 5.32 Å². The van der Waals surface area contributed by atoms with Crippen LogP contribution in [0.15, 0.2) is 12.2 Å². The lowest BCUT2D eigenvalue weighted by Gasteiger charge is -2.22. The average molecular weight is 1000 g/mol. The van der Waals surface area contributed by atoms with Gasteiger partial charge in [-0.1, -0.05) is 315 Å². The average Bonchev–Trinajstić information content (AvgIpc) is 3.37. The number of hydrogen-bond donors (Lipinski definition) is 3. The summed E-state index contributed by atoms with van der Waals surface area (Å²) in [6.07, 6.45) is 73.7. The second-order valence-corrected chi connectivity index (χ2v) is 22.5. The summed E-state index contributed by atoms with van der Waals surface area (Å²) < 4.78 is 5.46. The van der Waals surface area contributed by atoms with Crippen LogP contribution >= 0.6 is 0 Å². The minimum absolute atomic E-state index is 0.00469. The van der Waals surface area contributed by atoms with Gasteiger partial charge in [-0.2, -0.15) is 0 Å². The third kappa shape index (κ3) is 57.7. The van der Waals surface area contributed by atoms with Gasteiger partial charge in [0.15, 0.2) is 0 Å². The van der Waals surface area contributed by atoms with E-state index in [2.05, 4.69) is 31.3 Å². The van der Waals surface area contributed by atoms with Crippen molar-refractivity contribution < 1.29 is 24.5 Å². The summed E-state index contributed by atoms with van der Waals surface area (Å²) in [5.41, 5.74) is 0. The number of amides is 1. The van der Waals surface area contributed by atoms with Crippen LogP contribution in [-0.4, -0.2) is 47.4 Å². The molecular formula is C65H127NO5. The first-order valence-electron chi connectivity index (χ1n) is 32.4. The first-order valence-corrected chi connectivity index (χ1v) is 32.4. The highest BCUT2D eigenvalue weighted by Crippen LogP contribution is 2.18. The van der Waals surface area contributed by atoms with E-state index in [0.717, 1.165) is 44.9 Å². The molecule has 71 heavy (non-hydrogen) atoms. The van der Waals surface area contributed by atoms with Crippen LogP contribution in [0.5, 0.6) is 0 Å². The molecule has 0 fully saturated rings. The molecule has 6 nitrogen and oxygen atoms in total. The van der Waals surface area contributed by atoms with Gasteiger partial charge in [0.1, 0.15) is 0 Å². The fourth-order valence-electron chi connectivity index (χ4n) is 10.3. The van der Waals surface area contributed by atoms with Crippen molar-refractivity contribution >= 4 is 11.9 Å². The molecule has 0 aromatic carbocycles. The minimum Gasteiger partial charge on any atom is -0.466 e. The van der Waals surface area contributed by atoms with E-state index >= 15 is 0 Å². The molecule has 0 aliphatic rings. The van der Waals surface area contributed by atoms with Crippen molar-refractivity contribution in [3.63, 3.8) is 0 Å². The molecule has 0 saturated carbocycles. The third-order valence-corrected chi connectivity index (χ3v) is 15.3. The maximum atomic E-state index is 12.5. The lowest BCUT2D eigenvalue weighted by molar-refractivity contribution is -0.143. The van der Waals surface area contributed by atoms with Crippen LogP contribution in [0.3, 0.4) is 0 Å². The van der Waals surface area contributed by atoms with E-state index in [0.29, 0.717) is 25.9 Å². The highest BCUT2D eigenvalue weighted by molar-refractivity contribution is 5.76. The standard InChI is InChI=1S/C65H127NO5/c1-3-5-7-9-11-13-15-16-17-18-19-20-21-22-23-25-28-31-34-38-41-45-49-53-57-63(68)62(61-67)66-64(69)58-54-50-46-42-39-35-32-29-26-24-27-30-33-36-40-44-48-52-56-60-71-65(70)59-55-51-47-43-37-14-12-10-8-6-4-2/h24,26,62-63,67-68H,3-23,25,27-61H2,1-2H3,(H,66,69)/b26-24-. The summed E-state index contributed by atoms with van der Waals surface area (Å²) in [7, 11) is 0. The number of carbonyl (C=O) groups is 2. The van der Waals surface area contributed by atoms with Gasteiger partial charge < -0.3 is 20.3 Å². The summed E-state index contributed by atoms with van der Waals surface area (Å²) in [6, 6.07) is -0.549. The summed E-state index contributed by atoms with van der Waals surface area (Å²) in [5, 5.41) is 23.4. The number of nitrogens with one attached hydrogen (secondary N) is 1. The molecule has 0 aromatic heterocycles. The maximum Gasteiger partial charge on any atom is 0.305 e. The van der Waals surface area contributed by atoms with Crippen LogP contribution in [0.2, 0.25) is 0 Å². The summed E-state index contributed by atoms with van der Waals surface area (Å²) >= 11 is 0. The molecule has 6 heteroatoms. The Hall–Kier alpha value is -1.40. The molecule has 2 atom stereocenters. The zero-order chi connectivity index (χ0) is 51.4. The highest BCUT2D eigenvalue weighted by atomic mass is 16.5. The van der Waals surface area contributed by atoms with Crippen LogP contribution in [0.4, 0.5) is 0 Å². The molecule has 0 spiro atoms. The molecule has 0 saturated heterocycles. The third-order valence-electron chi connectivity index (χ3n) is 15.3. The molecule has 0 aromatic rings. The molecule has 0 rings (SSSR count). The number of aliphatic hydroxyl groups excluding tert-OH is 2. The molecule has 422 valence electrons. The van der Waals surface area contributed by atoms with E-state index < -0.39 is 12.1 Å². The van der Waals surface area contributed by atoms with Crippen molar-refractivity contribution in [2.24, 2.45) is 0 Å². The number of unbranched alkanes of at least 4 members (excludes halogenated alkanes) is 48. The maximum absolute atomic E-state index is 12.5. The number of rotatable bonds is 61. The van der Waals surface area contributed by atoms with Crippen molar-refractivity contribution in [1.29, 1.82) is 0 Å². The van der Waals surface area contributed by atoms with Gasteiger partial charge in [0, 0.05) is 12.8 Å². The van der Waals surface area contributed by atoms with E-state index in [-0.39, 0.29) is 18.5 Å². The molecule has 1 amide bonds. The van der Waals surface area contributed by atoms with Crippen LogP contribution in [0.25, 0.3) is 0 Å². The second kappa shape index (κ2) is 61.1. The van der Waals surface area contributed by atoms with E-state index in [1.807, 2.05) is 0 Å². The van der Waals surface area contributed by atoms with Crippen LogP contribution < -0.4 is 5.32 Å². The minimum atomic E-state index is -0.671. The largest absolute Gasteiger partial charge is 0.466 e. The predicted octanol–water partition coefficient (Wildman–Crippen LogP) is 20.4. The Bertz CT molecular complexity index is 1060. The number of carbonyl (C=O) groups excluding carboxylic acids is 2. The van der Waals surface area contributed by atoms with Crippen LogP contribution in [0.1, 0.15) is 367 Å². The van der Waals surface area contributed by atoms with Gasteiger partial charge in [-0.3, -0.25) is 9.59 Å². The Morgan fingerprint density at radius 3 is 1.00 bits per heavy atom. The summed E-state index contributed by atoms with van der Waals surface area (Å²) in [5.74, 6) is -0.0353. The molecule has 0 aliphatic heterocycles. The van der Waals surface area contributed by atoms with Crippen molar-refractivity contribution in [3.05, 3.63) is 12.2 Å². The Morgan fingerprint density at radius 2 is 0.662 bits per heavy atom. The molecule has 0 radical (unpaired) electrons. The summed E-state index contributed by atoms with van der Waals surface area (Å²) in [4.78, 5) is 24.5. The molecule has 0 aliphatic carbocycles. The predicted molar refractivity (Wildman–Crippen MR) is 310 cm³/mol. The van der Waals surface area contributed by atoms with Gasteiger partial charge in [-0.15, -0.1) is 0 Å². The SMILES string of the molecule is CCCCCCCCCCCCCCCCCCCCCCCCCCC(O)C(CO)NC(=O)CCCCCCCCC/C=C\CCCCCCCCCCOC(=O)CCCCCCCCCCCCC. The lowest BCUT2D eigenvalue weighted by atomic mass is 10.0. The van der Waals surface area contributed by atoms with Crippen molar-refractivity contribution in [3.8, 4) is 0 Å². The van der Waals surface area contributed by atoms with Gasteiger partial charge in [0.25, 0.3) is 0 Å². The summed E-state index contributed by atoms with van der Waals surface area (Å²) in [6.45, 7) is 4.97. The quantitative estimate of drug-likeness (QED) is 0.0320.